The fraction of sp³-hybridized carbons (Fsp3) is 0.231. The van der Waals surface area contributed by atoms with Crippen LogP contribution in [0.4, 0.5) is 23.4 Å². The Bertz CT molecular complexity index is 686. The van der Waals surface area contributed by atoms with Crippen molar-refractivity contribution < 1.29 is 17.6 Å². The van der Waals surface area contributed by atoms with Crippen LogP contribution in [0.3, 0.4) is 0 Å². The Kier molecular flexibility index (Phi) is 4.18. The van der Waals surface area contributed by atoms with E-state index in [1.54, 1.807) is 14.0 Å². The summed E-state index contributed by atoms with van der Waals surface area (Å²) in [5.41, 5.74) is -0.579. The summed E-state index contributed by atoms with van der Waals surface area (Å²) in [5, 5.41) is 2.79. The molecular weight excluding hydrogens is 354 g/mol. The van der Waals surface area contributed by atoms with Gasteiger partial charge in [0.05, 0.1) is 15.7 Å². The minimum atomic E-state index is -4.63. The van der Waals surface area contributed by atoms with Crippen LogP contribution in [0.5, 0.6) is 0 Å². The van der Waals surface area contributed by atoms with E-state index < -0.39 is 17.6 Å². The van der Waals surface area contributed by atoms with Gasteiger partial charge in [-0.3, -0.25) is 0 Å². The van der Waals surface area contributed by atoms with Crippen molar-refractivity contribution in [2.24, 2.45) is 0 Å². The number of aryl methyl sites for hydroxylation is 1. The minimum Gasteiger partial charge on any atom is -0.372 e. The zero-order chi connectivity index (χ0) is 15.8. The molecule has 0 amide bonds. The van der Waals surface area contributed by atoms with Gasteiger partial charge >= 0.3 is 6.18 Å². The molecule has 2 rings (SSSR count). The molecule has 112 valence electrons. The number of halogens is 5. The van der Waals surface area contributed by atoms with Crippen LogP contribution in [0, 0.1) is 12.7 Å². The maximum Gasteiger partial charge on any atom is 0.416 e. The normalized spacial score (nSPS) is 11.6. The summed E-state index contributed by atoms with van der Waals surface area (Å²) < 4.78 is 52.2. The molecule has 1 heterocycles. The standard InChI is InChI=1S/C13H10BrF4N3/c1-6-10(14)12(19-2)21-11(20-6)7-3-8(13(16,17)18)5-9(15)4-7/h3-5H,1-2H3,(H,19,20,21). The van der Waals surface area contributed by atoms with Crippen LogP contribution in [0.25, 0.3) is 11.4 Å². The molecule has 0 spiro atoms. The Labute approximate surface area is 126 Å². The number of hydrogen-bond acceptors (Lipinski definition) is 3. The average molecular weight is 364 g/mol. The van der Waals surface area contributed by atoms with Crippen molar-refractivity contribution in [1.29, 1.82) is 0 Å². The third-order valence-corrected chi connectivity index (χ3v) is 3.69. The molecule has 21 heavy (non-hydrogen) atoms. The van der Waals surface area contributed by atoms with Crippen LogP contribution in [0.2, 0.25) is 0 Å². The number of anilines is 1. The van der Waals surface area contributed by atoms with E-state index in [0.29, 0.717) is 22.1 Å². The number of benzene rings is 1. The van der Waals surface area contributed by atoms with E-state index >= 15 is 0 Å². The molecule has 8 heteroatoms. The zero-order valence-electron chi connectivity index (χ0n) is 11.0. The van der Waals surface area contributed by atoms with Crippen LogP contribution in [-0.2, 0) is 6.18 Å². The second-order valence-corrected chi connectivity index (χ2v) is 5.06. The first-order valence-corrected chi connectivity index (χ1v) is 6.61. The molecule has 1 aromatic carbocycles. The molecule has 0 aliphatic rings. The number of nitrogens with zero attached hydrogens (tertiary/aromatic N) is 2. The highest BCUT2D eigenvalue weighted by Crippen LogP contribution is 2.33. The predicted molar refractivity (Wildman–Crippen MR) is 74.4 cm³/mol. The quantitative estimate of drug-likeness (QED) is 0.802. The van der Waals surface area contributed by atoms with Gasteiger partial charge in [-0.05, 0) is 41.1 Å². The highest BCUT2D eigenvalue weighted by Gasteiger charge is 2.31. The van der Waals surface area contributed by atoms with E-state index in [9.17, 15) is 17.6 Å². The summed E-state index contributed by atoms with van der Waals surface area (Å²) in [6, 6.07) is 2.23. The van der Waals surface area contributed by atoms with Crippen molar-refractivity contribution in [3.8, 4) is 11.4 Å². The smallest absolute Gasteiger partial charge is 0.372 e. The molecule has 0 saturated heterocycles. The van der Waals surface area contributed by atoms with E-state index in [1.165, 1.54) is 0 Å². The Morgan fingerprint density at radius 2 is 1.81 bits per heavy atom. The van der Waals surface area contributed by atoms with Gasteiger partial charge in [-0.2, -0.15) is 13.2 Å². The Morgan fingerprint density at radius 3 is 2.38 bits per heavy atom. The van der Waals surface area contributed by atoms with E-state index in [2.05, 4.69) is 31.2 Å². The van der Waals surface area contributed by atoms with Gasteiger partial charge < -0.3 is 5.32 Å². The van der Waals surface area contributed by atoms with Gasteiger partial charge in [0, 0.05) is 12.6 Å². The number of rotatable bonds is 2. The van der Waals surface area contributed by atoms with Crippen molar-refractivity contribution in [2.45, 2.75) is 13.1 Å². The first-order valence-electron chi connectivity index (χ1n) is 5.82. The molecule has 1 aromatic heterocycles. The largest absolute Gasteiger partial charge is 0.416 e. The lowest BCUT2D eigenvalue weighted by Crippen LogP contribution is -2.07. The molecule has 0 fully saturated rings. The van der Waals surface area contributed by atoms with Crippen molar-refractivity contribution >= 4 is 21.7 Å². The molecule has 3 nitrogen and oxygen atoms in total. The fourth-order valence-corrected chi connectivity index (χ4v) is 2.11. The molecule has 0 unspecified atom stereocenters. The number of hydrogen-bond donors (Lipinski definition) is 1. The maximum atomic E-state index is 13.4. The monoisotopic (exact) mass is 363 g/mol. The summed E-state index contributed by atoms with van der Waals surface area (Å²) in [5.74, 6) is -0.560. The molecule has 0 aliphatic heterocycles. The van der Waals surface area contributed by atoms with Gasteiger partial charge in [-0.15, -0.1) is 0 Å². The lowest BCUT2D eigenvalue weighted by molar-refractivity contribution is -0.137. The highest BCUT2D eigenvalue weighted by atomic mass is 79.9. The first kappa shape index (κ1) is 15.7. The second-order valence-electron chi connectivity index (χ2n) is 4.27. The second kappa shape index (κ2) is 5.59. The molecule has 1 N–H and O–H groups in total. The van der Waals surface area contributed by atoms with E-state index in [4.69, 9.17) is 0 Å². The van der Waals surface area contributed by atoms with Crippen molar-refractivity contribution in [2.75, 3.05) is 12.4 Å². The molecular formula is C13H10BrF4N3. The van der Waals surface area contributed by atoms with Gasteiger partial charge in [0.2, 0.25) is 0 Å². The topological polar surface area (TPSA) is 37.8 Å². The summed E-state index contributed by atoms with van der Waals surface area (Å²) in [6.45, 7) is 1.67. The van der Waals surface area contributed by atoms with E-state index in [1.807, 2.05) is 0 Å². The number of nitrogens with one attached hydrogen (secondary N) is 1. The summed E-state index contributed by atoms with van der Waals surface area (Å²) in [4.78, 5) is 8.17. The highest BCUT2D eigenvalue weighted by molar-refractivity contribution is 9.10. The maximum absolute atomic E-state index is 13.4. The Morgan fingerprint density at radius 1 is 1.14 bits per heavy atom. The molecule has 0 saturated carbocycles. The average Bonchev–Trinajstić information content (AvgIpc) is 2.40. The number of aromatic nitrogens is 2. The molecule has 0 radical (unpaired) electrons. The molecule has 0 bridgehead atoms. The SMILES string of the molecule is CNc1nc(-c2cc(F)cc(C(F)(F)F)c2)nc(C)c1Br. The van der Waals surface area contributed by atoms with Gasteiger partial charge in [0.1, 0.15) is 11.6 Å². The van der Waals surface area contributed by atoms with Gasteiger partial charge in [0.25, 0.3) is 0 Å². The van der Waals surface area contributed by atoms with Crippen LogP contribution in [-0.4, -0.2) is 17.0 Å². The lowest BCUT2D eigenvalue weighted by atomic mass is 10.1. The zero-order valence-corrected chi connectivity index (χ0v) is 12.6. The van der Waals surface area contributed by atoms with Crippen molar-refractivity contribution in [3.63, 3.8) is 0 Å². The van der Waals surface area contributed by atoms with Crippen LogP contribution < -0.4 is 5.32 Å². The molecule has 0 atom stereocenters. The van der Waals surface area contributed by atoms with Crippen molar-refractivity contribution in [3.05, 3.63) is 39.7 Å². The Balaban J connectivity index is 2.62. The van der Waals surface area contributed by atoms with Gasteiger partial charge in [0.15, 0.2) is 5.82 Å². The summed E-state index contributed by atoms with van der Waals surface area (Å²) in [7, 11) is 1.61. The third-order valence-electron chi connectivity index (χ3n) is 2.74. The van der Waals surface area contributed by atoms with Gasteiger partial charge in [-0.1, -0.05) is 0 Å². The first-order chi connectivity index (χ1) is 9.72. The lowest BCUT2D eigenvalue weighted by Gasteiger charge is -2.11. The summed E-state index contributed by atoms with van der Waals surface area (Å²) >= 11 is 3.27. The third kappa shape index (κ3) is 3.31. The molecule has 2 aromatic rings. The number of alkyl halides is 3. The summed E-state index contributed by atoms with van der Waals surface area (Å²) in [6.07, 6.45) is -4.63. The van der Waals surface area contributed by atoms with Crippen molar-refractivity contribution in [1.82, 2.24) is 9.97 Å². The van der Waals surface area contributed by atoms with E-state index in [0.717, 1.165) is 12.1 Å². The fourth-order valence-electron chi connectivity index (χ4n) is 1.74. The van der Waals surface area contributed by atoms with E-state index in [-0.39, 0.29) is 11.4 Å². The predicted octanol–water partition coefficient (Wildman–Crippen LogP) is 4.41. The van der Waals surface area contributed by atoms with Crippen LogP contribution in [0.1, 0.15) is 11.3 Å². The van der Waals surface area contributed by atoms with Gasteiger partial charge in [-0.25, -0.2) is 14.4 Å². The minimum absolute atomic E-state index is 0.0186. The Hall–Kier alpha value is -1.70. The molecule has 0 aliphatic carbocycles. The van der Waals surface area contributed by atoms with Crippen LogP contribution in [0.15, 0.2) is 22.7 Å². The van der Waals surface area contributed by atoms with Crippen LogP contribution >= 0.6 is 15.9 Å².